The van der Waals surface area contributed by atoms with E-state index in [1.54, 1.807) is 12.1 Å². The van der Waals surface area contributed by atoms with Crippen LogP contribution in [0.2, 0.25) is 0 Å². The van der Waals surface area contributed by atoms with Crippen molar-refractivity contribution in [2.75, 3.05) is 39.9 Å². The number of ether oxygens (including phenoxy) is 5. The van der Waals surface area contributed by atoms with Crippen LogP contribution >= 0.6 is 11.8 Å². The number of urea groups is 1. The number of cyclic esters (lactones) is 1. The molecular formula is C37H46N4O10S. The molecule has 14 nitrogen and oxygen atoms in total. The molecule has 4 aliphatic heterocycles. The topological polar surface area (TPSA) is 183 Å². The van der Waals surface area contributed by atoms with Gasteiger partial charge < -0.3 is 50.1 Å². The first kappa shape index (κ1) is 35.9. The lowest BCUT2D eigenvalue weighted by atomic mass is 9.65. The third kappa shape index (κ3) is 7.24. The summed E-state index contributed by atoms with van der Waals surface area (Å²) in [6.07, 6.45) is 5.69. The lowest BCUT2D eigenvalue weighted by Crippen LogP contribution is -2.42. The number of rotatable bonds is 15. The quantitative estimate of drug-likeness (QED) is 0.102. The number of hydrogen-bond donors (Lipinski definition) is 5. The first-order chi connectivity index (χ1) is 25.2. The Hall–Kier alpha value is -4.53. The fourth-order valence-electron chi connectivity index (χ4n) is 8.26. The molecule has 0 aromatic heterocycles. The number of phenolic OH excluding ortho intramolecular Hbond substituents is 1. The predicted octanol–water partition coefficient (Wildman–Crippen LogP) is 3.63. The van der Waals surface area contributed by atoms with Gasteiger partial charge in [0.15, 0.2) is 23.0 Å². The van der Waals surface area contributed by atoms with Crippen LogP contribution in [0.4, 0.5) is 4.79 Å². The number of thioether (sulfide) groups is 1. The molecule has 7 atom stereocenters. The van der Waals surface area contributed by atoms with Crippen LogP contribution in [0.15, 0.2) is 24.3 Å². The Morgan fingerprint density at radius 1 is 0.904 bits per heavy atom. The summed E-state index contributed by atoms with van der Waals surface area (Å²) >= 11 is 1.89. The zero-order valence-corrected chi connectivity index (χ0v) is 30.2. The number of hydrogen-bond acceptors (Lipinski definition) is 11. The number of benzene rings is 2. The van der Waals surface area contributed by atoms with Gasteiger partial charge in [0.05, 0.1) is 44.9 Å². The van der Waals surface area contributed by atoms with Crippen LogP contribution in [0.3, 0.4) is 0 Å². The third-order valence-corrected chi connectivity index (χ3v) is 12.4. The van der Waals surface area contributed by atoms with Gasteiger partial charge >= 0.3 is 12.0 Å². The highest BCUT2D eigenvalue weighted by atomic mass is 32.2. The van der Waals surface area contributed by atoms with Gasteiger partial charge in [-0.3, -0.25) is 14.4 Å². The molecule has 0 unspecified atom stereocenters. The van der Waals surface area contributed by atoms with E-state index >= 15 is 0 Å². The summed E-state index contributed by atoms with van der Waals surface area (Å²) in [5.41, 5.74) is 2.28. The van der Waals surface area contributed by atoms with Gasteiger partial charge in [-0.25, -0.2) is 4.79 Å². The minimum absolute atomic E-state index is 0.0349. The number of methoxy groups -OCH3 is 2. The zero-order valence-electron chi connectivity index (χ0n) is 29.4. The number of amides is 4. The molecule has 2 aromatic carbocycles. The summed E-state index contributed by atoms with van der Waals surface area (Å²) < 4.78 is 27.9. The minimum Gasteiger partial charge on any atom is -0.502 e. The fraction of sp³-hybridized carbons (Fsp3) is 0.568. The molecule has 7 rings (SSSR count). The van der Waals surface area contributed by atoms with Gasteiger partial charge in [-0.05, 0) is 66.6 Å². The molecule has 15 heteroatoms. The van der Waals surface area contributed by atoms with E-state index in [1.807, 2.05) is 23.9 Å². The molecule has 2 aromatic rings. The molecule has 3 saturated heterocycles. The number of unbranched alkanes of at least 4 members (excludes halogenated alkanes) is 3. The van der Waals surface area contributed by atoms with E-state index in [0.29, 0.717) is 48.1 Å². The molecule has 0 bridgehead atoms. The van der Waals surface area contributed by atoms with Gasteiger partial charge in [-0.1, -0.05) is 12.8 Å². The molecule has 4 amide bonds. The Kier molecular flexibility index (Phi) is 10.8. The van der Waals surface area contributed by atoms with Crippen molar-refractivity contribution in [1.82, 2.24) is 21.3 Å². The van der Waals surface area contributed by atoms with E-state index in [2.05, 4.69) is 21.3 Å². The Labute approximate surface area is 306 Å². The molecular weight excluding hydrogens is 692 g/mol. The molecule has 3 fully saturated rings. The Balaban J connectivity index is 0.921. The lowest BCUT2D eigenvalue weighted by Gasteiger charge is -2.39. The number of fused-ring (bicyclic) bond motifs is 4. The lowest BCUT2D eigenvalue weighted by molar-refractivity contribution is -0.141. The van der Waals surface area contributed by atoms with Crippen LogP contribution in [-0.2, 0) is 19.1 Å². The summed E-state index contributed by atoms with van der Waals surface area (Å²) in [6.45, 7) is 0.763. The maximum atomic E-state index is 13.4. The summed E-state index contributed by atoms with van der Waals surface area (Å²) in [4.78, 5) is 50.7. The van der Waals surface area contributed by atoms with Crippen molar-refractivity contribution in [3.8, 4) is 28.7 Å². The second kappa shape index (κ2) is 15.6. The Bertz CT molecular complexity index is 1680. The van der Waals surface area contributed by atoms with Gasteiger partial charge in [-0.2, -0.15) is 11.8 Å². The van der Waals surface area contributed by atoms with Crippen molar-refractivity contribution in [2.24, 2.45) is 11.8 Å². The van der Waals surface area contributed by atoms with Crippen molar-refractivity contribution in [1.29, 1.82) is 0 Å². The van der Waals surface area contributed by atoms with E-state index in [1.165, 1.54) is 14.2 Å². The van der Waals surface area contributed by atoms with E-state index in [4.69, 9.17) is 23.7 Å². The van der Waals surface area contributed by atoms with E-state index in [0.717, 1.165) is 49.0 Å². The average molecular weight is 739 g/mol. The molecule has 0 saturated carbocycles. The fourth-order valence-corrected chi connectivity index (χ4v) is 9.81. The average Bonchev–Trinajstić information content (AvgIpc) is 3.93. The van der Waals surface area contributed by atoms with Crippen LogP contribution < -0.4 is 40.2 Å². The van der Waals surface area contributed by atoms with Gasteiger partial charge in [0, 0.05) is 42.2 Å². The second-order valence-corrected chi connectivity index (χ2v) is 15.3. The SMILES string of the molecule is COc1cc([C@@H]2c3cc4c(cc3[C@@H](NC(=O)CCCCCNC(=O)CCCC[C@@H]3SC[C@H]5NC(=O)N[C@@H]35)[C@H]3COC(=O)[C@@H]23)OCO4)cc(OC)c1O. The maximum absolute atomic E-state index is 13.4. The zero-order chi connectivity index (χ0) is 36.4. The van der Waals surface area contributed by atoms with Gasteiger partial charge in [0.2, 0.25) is 24.4 Å². The van der Waals surface area contributed by atoms with Crippen LogP contribution in [0.25, 0.3) is 0 Å². The van der Waals surface area contributed by atoms with Crippen LogP contribution in [0.5, 0.6) is 28.7 Å². The number of aromatic hydroxyl groups is 1. The van der Waals surface area contributed by atoms with Crippen molar-refractivity contribution in [2.45, 2.75) is 80.7 Å². The number of phenols is 1. The number of esters is 1. The molecule has 0 radical (unpaired) electrons. The molecule has 280 valence electrons. The minimum atomic E-state index is -0.623. The monoisotopic (exact) mass is 738 g/mol. The first-order valence-electron chi connectivity index (χ1n) is 18.0. The summed E-state index contributed by atoms with van der Waals surface area (Å²) in [5.74, 6) is 0.371. The van der Waals surface area contributed by atoms with E-state index < -0.39 is 17.9 Å². The van der Waals surface area contributed by atoms with Crippen LogP contribution in [0, 0.1) is 11.8 Å². The van der Waals surface area contributed by atoms with E-state index in [-0.39, 0.29) is 72.5 Å². The number of nitrogens with one attached hydrogen (secondary N) is 4. The Morgan fingerprint density at radius 3 is 2.37 bits per heavy atom. The molecule has 1 aliphatic carbocycles. The molecule has 52 heavy (non-hydrogen) atoms. The molecule has 0 spiro atoms. The smallest absolute Gasteiger partial charge is 0.315 e. The molecule has 5 aliphatic rings. The van der Waals surface area contributed by atoms with Crippen molar-refractivity contribution >= 4 is 35.6 Å². The Morgan fingerprint density at radius 2 is 1.62 bits per heavy atom. The number of carbonyl (C=O) groups is 4. The van der Waals surface area contributed by atoms with Gasteiger partial charge in [0.1, 0.15) is 0 Å². The van der Waals surface area contributed by atoms with Gasteiger partial charge in [0.25, 0.3) is 0 Å². The van der Waals surface area contributed by atoms with Crippen molar-refractivity contribution in [3.63, 3.8) is 0 Å². The second-order valence-electron chi connectivity index (χ2n) is 14.0. The summed E-state index contributed by atoms with van der Waals surface area (Å²) in [5, 5.41) is 23.2. The first-order valence-corrected chi connectivity index (χ1v) is 19.1. The highest BCUT2D eigenvalue weighted by Crippen LogP contribution is 2.55. The van der Waals surface area contributed by atoms with Crippen molar-refractivity contribution in [3.05, 3.63) is 41.0 Å². The van der Waals surface area contributed by atoms with E-state index in [9.17, 15) is 24.3 Å². The number of carbonyl (C=O) groups excluding carboxylic acids is 4. The summed E-state index contributed by atoms with van der Waals surface area (Å²) in [7, 11) is 2.90. The highest BCUT2D eigenvalue weighted by Gasteiger charge is 2.53. The highest BCUT2D eigenvalue weighted by molar-refractivity contribution is 8.00. The predicted molar refractivity (Wildman–Crippen MR) is 190 cm³/mol. The van der Waals surface area contributed by atoms with Gasteiger partial charge in [-0.15, -0.1) is 0 Å². The standard InChI is InChI=1S/C37H46N4O10S/c1-47-26-12-19(13-27(48-2)35(26)44)31-20-14-24-25(51-18-50-24)15-21(20)33(22-16-49-36(45)32(22)31)40-30(43)10-4-3-7-11-38-29(42)9-6-5-8-28-34-23(17-52-28)39-37(46)41-34/h12-15,22-23,28,31-34,44H,3-11,16-18H2,1-2H3,(H,38,42)(H,40,43)(H2,39,41,46)/t22-,23+,28-,31+,32+,33+,34+/m0/s1. The normalized spacial score (nSPS) is 26.4. The third-order valence-electron chi connectivity index (χ3n) is 10.8. The van der Waals surface area contributed by atoms with Crippen LogP contribution in [-0.4, -0.2) is 86.2 Å². The largest absolute Gasteiger partial charge is 0.502 e. The van der Waals surface area contributed by atoms with Crippen LogP contribution in [0.1, 0.15) is 80.0 Å². The summed E-state index contributed by atoms with van der Waals surface area (Å²) in [6, 6.07) is 6.95. The van der Waals surface area contributed by atoms with Crippen molar-refractivity contribution < 1.29 is 48.0 Å². The maximum Gasteiger partial charge on any atom is 0.315 e. The molecule has 4 heterocycles. The molecule has 5 N–H and O–H groups in total.